The molecule has 1 aromatic rings. The van der Waals surface area contributed by atoms with Crippen molar-refractivity contribution in [2.24, 2.45) is 0 Å². The van der Waals surface area contributed by atoms with E-state index >= 15 is 0 Å². The zero-order valence-corrected chi connectivity index (χ0v) is 10.2. The van der Waals surface area contributed by atoms with Gasteiger partial charge in [-0.3, -0.25) is 0 Å². The summed E-state index contributed by atoms with van der Waals surface area (Å²) >= 11 is 10.7. The van der Waals surface area contributed by atoms with E-state index in [0.717, 1.165) is 0 Å². The highest BCUT2D eigenvalue weighted by atomic mass is 35.5. The lowest BCUT2D eigenvalue weighted by atomic mass is 10.3. The minimum Gasteiger partial charge on any atom is -0.424 e. The molecule has 0 fully saturated rings. The van der Waals surface area contributed by atoms with E-state index < -0.39 is 6.72 Å². The summed E-state index contributed by atoms with van der Waals surface area (Å²) in [6.45, 7) is -2.63. The Bertz CT molecular complexity index is 333. The predicted octanol–water partition coefficient (Wildman–Crippen LogP) is 3.24. The van der Waals surface area contributed by atoms with Crippen molar-refractivity contribution in [1.29, 1.82) is 0 Å². The summed E-state index contributed by atoms with van der Waals surface area (Å²) in [5, 5.41) is 0.639. The Morgan fingerprint density at radius 3 is 2.07 bits per heavy atom. The molecule has 0 aliphatic carbocycles. The van der Waals surface area contributed by atoms with E-state index in [0.29, 0.717) is 10.8 Å². The summed E-state index contributed by atoms with van der Waals surface area (Å²) in [6.07, 6.45) is 0. The first-order valence-electron chi connectivity index (χ1n) is 3.76. The molecule has 0 aliphatic rings. The summed E-state index contributed by atoms with van der Waals surface area (Å²) in [5.41, 5.74) is 0. The van der Waals surface area contributed by atoms with E-state index in [-0.39, 0.29) is 0 Å². The van der Waals surface area contributed by atoms with Crippen LogP contribution in [0.25, 0.3) is 0 Å². The van der Waals surface area contributed by atoms with Gasteiger partial charge in [0.15, 0.2) is 0 Å². The van der Waals surface area contributed by atoms with Crippen LogP contribution in [0.1, 0.15) is 0 Å². The van der Waals surface area contributed by atoms with Gasteiger partial charge in [0.05, 0.1) is 0 Å². The molecule has 0 saturated heterocycles. The van der Waals surface area contributed by atoms with E-state index in [9.17, 15) is 0 Å². The van der Waals surface area contributed by atoms with Crippen LogP contribution in [0.4, 0.5) is 0 Å². The fraction of sp³-hybridized carbons (Fsp3) is 0.250. The number of benzene rings is 1. The molecule has 0 spiro atoms. The second-order valence-electron chi connectivity index (χ2n) is 2.36. The molecule has 1 rings (SSSR count). The summed E-state index contributed by atoms with van der Waals surface area (Å²) in [5.74, 6) is 0.585. The quantitative estimate of drug-likeness (QED) is 0.769. The molecule has 0 aromatic heterocycles. The standard InChI is InChI=1S/C8H10ClO3PS/c1-10-13(14,11-2)12-8-5-3-7(9)4-6-8/h3-6H,1-2H3. The van der Waals surface area contributed by atoms with Crippen LogP contribution < -0.4 is 4.52 Å². The Hall–Kier alpha value is -0.120. The van der Waals surface area contributed by atoms with Crippen molar-refractivity contribution in [3.05, 3.63) is 29.3 Å². The Morgan fingerprint density at radius 1 is 1.14 bits per heavy atom. The predicted molar refractivity (Wildman–Crippen MR) is 60.4 cm³/mol. The monoisotopic (exact) mass is 252 g/mol. The average molecular weight is 253 g/mol. The first-order valence-corrected chi connectivity index (χ1v) is 6.70. The van der Waals surface area contributed by atoms with Gasteiger partial charge < -0.3 is 13.6 Å². The topological polar surface area (TPSA) is 27.7 Å². The molecular formula is C8H10ClO3PS. The van der Waals surface area contributed by atoms with Gasteiger partial charge in [-0.1, -0.05) is 11.6 Å². The van der Waals surface area contributed by atoms with Gasteiger partial charge in [-0.2, -0.15) is 0 Å². The van der Waals surface area contributed by atoms with Crippen molar-refractivity contribution >= 4 is 30.1 Å². The highest BCUT2D eigenvalue weighted by Crippen LogP contribution is 2.48. The average Bonchev–Trinajstić information content (AvgIpc) is 2.21. The van der Waals surface area contributed by atoms with Crippen LogP contribution in [0.15, 0.2) is 24.3 Å². The van der Waals surface area contributed by atoms with Crippen molar-refractivity contribution in [3.8, 4) is 5.75 Å². The molecule has 78 valence electrons. The molecule has 0 saturated carbocycles. The van der Waals surface area contributed by atoms with Crippen LogP contribution in [0.2, 0.25) is 5.02 Å². The highest BCUT2D eigenvalue weighted by Gasteiger charge is 2.17. The number of hydrogen-bond acceptors (Lipinski definition) is 4. The smallest absolute Gasteiger partial charge is 0.380 e. The van der Waals surface area contributed by atoms with Gasteiger partial charge in [0.1, 0.15) is 5.75 Å². The molecule has 1 aromatic carbocycles. The van der Waals surface area contributed by atoms with E-state index in [4.69, 9.17) is 37.0 Å². The minimum absolute atomic E-state index is 0.585. The highest BCUT2D eigenvalue weighted by molar-refractivity contribution is 8.07. The second kappa shape index (κ2) is 5.10. The lowest BCUT2D eigenvalue weighted by Gasteiger charge is -2.17. The lowest BCUT2D eigenvalue weighted by molar-refractivity contribution is 0.273. The number of hydrogen-bond donors (Lipinski definition) is 0. The van der Waals surface area contributed by atoms with Gasteiger partial charge in [-0.15, -0.1) is 0 Å². The summed E-state index contributed by atoms with van der Waals surface area (Å²) in [4.78, 5) is 0. The van der Waals surface area contributed by atoms with E-state index in [2.05, 4.69) is 0 Å². The van der Waals surface area contributed by atoms with Crippen molar-refractivity contribution in [3.63, 3.8) is 0 Å². The molecule has 0 amide bonds. The van der Waals surface area contributed by atoms with Gasteiger partial charge in [-0.25, -0.2) is 0 Å². The Balaban J connectivity index is 2.78. The van der Waals surface area contributed by atoms with Gasteiger partial charge in [-0.05, 0) is 24.3 Å². The fourth-order valence-corrected chi connectivity index (χ4v) is 1.84. The molecular weight excluding hydrogens is 243 g/mol. The normalized spacial score (nSPS) is 11.4. The molecule has 0 heterocycles. The summed E-state index contributed by atoms with van der Waals surface area (Å²) in [6, 6.07) is 6.84. The number of rotatable bonds is 4. The van der Waals surface area contributed by atoms with Gasteiger partial charge in [0, 0.05) is 31.0 Å². The molecule has 0 radical (unpaired) electrons. The zero-order valence-electron chi connectivity index (χ0n) is 7.77. The third-order valence-corrected chi connectivity index (χ3v) is 4.18. The number of halogens is 1. The summed E-state index contributed by atoms with van der Waals surface area (Å²) < 4.78 is 15.3. The molecule has 0 N–H and O–H groups in total. The Labute approximate surface area is 93.2 Å². The third-order valence-electron chi connectivity index (χ3n) is 1.48. The van der Waals surface area contributed by atoms with Gasteiger partial charge in [0.25, 0.3) is 0 Å². The molecule has 0 unspecified atom stereocenters. The fourth-order valence-electron chi connectivity index (χ4n) is 0.774. The molecule has 14 heavy (non-hydrogen) atoms. The maximum Gasteiger partial charge on any atom is 0.380 e. The minimum atomic E-state index is -2.63. The van der Waals surface area contributed by atoms with E-state index in [1.165, 1.54) is 14.2 Å². The van der Waals surface area contributed by atoms with Crippen LogP contribution in [-0.4, -0.2) is 14.2 Å². The van der Waals surface area contributed by atoms with Crippen molar-refractivity contribution in [1.82, 2.24) is 0 Å². The SMILES string of the molecule is COP(=S)(OC)Oc1ccc(Cl)cc1. The molecule has 6 heteroatoms. The maximum atomic E-state index is 5.72. The van der Waals surface area contributed by atoms with Crippen LogP contribution in [-0.2, 0) is 20.9 Å². The molecule has 0 atom stereocenters. The Kier molecular flexibility index (Phi) is 4.35. The van der Waals surface area contributed by atoms with Crippen molar-refractivity contribution in [2.75, 3.05) is 14.2 Å². The van der Waals surface area contributed by atoms with Crippen LogP contribution in [0.3, 0.4) is 0 Å². The van der Waals surface area contributed by atoms with Gasteiger partial charge >= 0.3 is 6.72 Å². The van der Waals surface area contributed by atoms with Crippen molar-refractivity contribution in [2.45, 2.75) is 0 Å². The van der Waals surface area contributed by atoms with Crippen LogP contribution in [0, 0.1) is 0 Å². The van der Waals surface area contributed by atoms with Crippen LogP contribution in [0.5, 0.6) is 5.75 Å². The van der Waals surface area contributed by atoms with E-state index in [1.54, 1.807) is 24.3 Å². The molecule has 3 nitrogen and oxygen atoms in total. The third kappa shape index (κ3) is 3.23. The zero-order chi connectivity index (χ0) is 10.6. The first-order chi connectivity index (χ1) is 6.59. The summed E-state index contributed by atoms with van der Waals surface area (Å²) in [7, 11) is 2.92. The first kappa shape index (κ1) is 12.0. The van der Waals surface area contributed by atoms with E-state index in [1.807, 2.05) is 0 Å². The van der Waals surface area contributed by atoms with Crippen molar-refractivity contribution < 1.29 is 13.6 Å². The maximum absolute atomic E-state index is 5.72. The molecule has 0 aliphatic heterocycles. The second-order valence-corrected chi connectivity index (χ2v) is 5.94. The van der Waals surface area contributed by atoms with Crippen LogP contribution >= 0.6 is 18.3 Å². The largest absolute Gasteiger partial charge is 0.424 e. The van der Waals surface area contributed by atoms with Gasteiger partial charge in [0.2, 0.25) is 0 Å². The lowest BCUT2D eigenvalue weighted by Crippen LogP contribution is -1.96. The molecule has 0 bridgehead atoms. The Morgan fingerprint density at radius 2 is 1.64 bits per heavy atom.